The lowest BCUT2D eigenvalue weighted by Gasteiger charge is -2.17. The average Bonchev–Trinajstić information content (AvgIpc) is 2.52. The molecule has 0 aliphatic carbocycles. The Bertz CT molecular complexity index is 463. The van der Waals surface area contributed by atoms with Crippen molar-refractivity contribution in [1.82, 2.24) is 5.32 Å². The highest BCUT2D eigenvalue weighted by molar-refractivity contribution is 5.82. The first-order valence-electron chi connectivity index (χ1n) is 7.31. The topological polar surface area (TPSA) is 84.9 Å². The summed E-state index contributed by atoms with van der Waals surface area (Å²) in [6.45, 7) is 4.88. The summed E-state index contributed by atoms with van der Waals surface area (Å²) in [6, 6.07) is 8.81. The highest BCUT2D eigenvalue weighted by Crippen LogP contribution is 2.14. The molecule has 2 N–H and O–H groups in total. The molecular weight excluding hydrogens is 286 g/mol. The van der Waals surface area contributed by atoms with Crippen molar-refractivity contribution in [2.45, 2.75) is 25.9 Å². The van der Waals surface area contributed by atoms with Crippen LogP contribution in [0.5, 0.6) is 0 Å². The molecule has 0 heterocycles. The normalized spacial score (nSPS) is 13.4. The van der Waals surface area contributed by atoms with Crippen LogP contribution in [-0.4, -0.2) is 49.5 Å². The van der Waals surface area contributed by atoms with E-state index < -0.39 is 18.0 Å². The Morgan fingerprint density at radius 1 is 1.23 bits per heavy atom. The van der Waals surface area contributed by atoms with Crippen LogP contribution in [0.1, 0.15) is 25.3 Å². The molecule has 2 atom stereocenters. The van der Waals surface area contributed by atoms with Gasteiger partial charge in [0.15, 0.2) is 0 Å². The fraction of sp³-hybridized carbons (Fsp3) is 0.500. The molecule has 0 aromatic heterocycles. The van der Waals surface area contributed by atoms with Crippen LogP contribution in [0.2, 0.25) is 0 Å². The number of rotatable bonds is 10. The summed E-state index contributed by atoms with van der Waals surface area (Å²) in [5.41, 5.74) is 0.653. The Balaban J connectivity index is 2.44. The smallest absolute Gasteiger partial charge is 0.312 e. The number of hydrogen-bond acceptors (Lipinski definition) is 4. The predicted molar refractivity (Wildman–Crippen MR) is 81.7 cm³/mol. The quantitative estimate of drug-likeness (QED) is 0.638. The number of carbonyl (C=O) groups is 2. The molecule has 0 bridgehead atoms. The number of hydrogen-bond donors (Lipinski definition) is 2. The fourth-order valence-electron chi connectivity index (χ4n) is 1.88. The summed E-state index contributed by atoms with van der Waals surface area (Å²) < 4.78 is 10.4. The van der Waals surface area contributed by atoms with Crippen LogP contribution in [0, 0.1) is 0 Å². The highest BCUT2D eigenvalue weighted by atomic mass is 16.5. The van der Waals surface area contributed by atoms with Crippen LogP contribution >= 0.6 is 0 Å². The maximum absolute atomic E-state index is 11.9. The van der Waals surface area contributed by atoms with E-state index in [4.69, 9.17) is 9.47 Å². The van der Waals surface area contributed by atoms with E-state index in [-0.39, 0.29) is 12.5 Å². The van der Waals surface area contributed by atoms with Crippen molar-refractivity contribution in [1.29, 1.82) is 0 Å². The van der Waals surface area contributed by atoms with Gasteiger partial charge in [0, 0.05) is 13.2 Å². The van der Waals surface area contributed by atoms with E-state index in [9.17, 15) is 14.7 Å². The van der Waals surface area contributed by atoms with Gasteiger partial charge >= 0.3 is 5.97 Å². The van der Waals surface area contributed by atoms with Gasteiger partial charge in [-0.2, -0.15) is 0 Å². The van der Waals surface area contributed by atoms with Gasteiger partial charge in [0.05, 0.1) is 19.1 Å². The Labute approximate surface area is 130 Å². The molecule has 0 aliphatic rings. The van der Waals surface area contributed by atoms with Gasteiger partial charge in [0.2, 0.25) is 5.91 Å². The first-order valence-corrected chi connectivity index (χ1v) is 7.31. The first kappa shape index (κ1) is 18.1. The molecule has 0 aliphatic heterocycles. The number of carboxylic acid groups (broad SMARTS) is 1. The monoisotopic (exact) mass is 309 g/mol. The van der Waals surface area contributed by atoms with Crippen molar-refractivity contribution in [3.8, 4) is 0 Å². The van der Waals surface area contributed by atoms with Crippen molar-refractivity contribution >= 4 is 11.9 Å². The van der Waals surface area contributed by atoms with Gasteiger partial charge in [0.1, 0.15) is 6.10 Å². The van der Waals surface area contributed by atoms with E-state index >= 15 is 0 Å². The Morgan fingerprint density at radius 3 is 2.50 bits per heavy atom. The molecule has 1 rings (SSSR count). The van der Waals surface area contributed by atoms with Crippen LogP contribution in [0.3, 0.4) is 0 Å². The van der Waals surface area contributed by atoms with Crippen molar-refractivity contribution < 1.29 is 24.2 Å². The van der Waals surface area contributed by atoms with Gasteiger partial charge in [-0.3, -0.25) is 9.59 Å². The lowest BCUT2D eigenvalue weighted by atomic mass is 9.99. The predicted octanol–water partition coefficient (Wildman–Crippen LogP) is 1.41. The number of aliphatic carboxylic acids is 1. The minimum atomic E-state index is -0.976. The van der Waals surface area contributed by atoms with E-state index in [2.05, 4.69) is 5.32 Å². The van der Waals surface area contributed by atoms with Crippen LogP contribution in [0.25, 0.3) is 0 Å². The molecule has 6 nitrogen and oxygen atoms in total. The summed E-state index contributed by atoms with van der Waals surface area (Å²) in [6.07, 6.45) is -0.648. The van der Waals surface area contributed by atoms with E-state index in [1.165, 1.54) is 0 Å². The largest absolute Gasteiger partial charge is 0.481 e. The summed E-state index contributed by atoms with van der Waals surface area (Å²) in [5.74, 6) is -2.09. The van der Waals surface area contributed by atoms with Gasteiger partial charge in [-0.1, -0.05) is 30.3 Å². The highest BCUT2D eigenvalue weighted by Gasteiger charge is 2.22. The van der Waals surface area contributed by atoms with E-state index in [1.807, 2.05) is 13.0 Å². The second-order valence-corrected chi connectivity index (χ2v) is 4.76. The Hall–Kier alpha value is -1.92. The van der Waals surface area contributed by atoms with Gasteiger partial charge < -0.3 is 19.9 Å². The molecule has 2 unspecified atom stereocenters. The molecule has 0 saturated heterocycles. The number of benzene rings is 1. The molecule has 0 spiro atoms. The van der Waals surface area contributed by atoms with Crippen LogP contribution in [0.4, 0.5) is 0 Å². The zero-order chi connectivity index (χ0) is 16.4. The SMILES string of the molecule is CCOCCOC(C)C(=O)NCC(C(=O)O)c1ccccc1. The third-order valence-electron chi connectivity index (χ3n) is 3.15. The average molecular weight is 309 g/mol. The summed E-state index contributed by atoms with van der Waals surface area (Å²) in [7, 11) is 0. The number of amides is 1. The van der Waals surface area contributed by atoms with E-state index in [1.54, 1.807) is 31.2 Å². The maximum atomic E-state index is 11.9. The van der Waals surface area contributed by atoms with E-state index in [0.29, 0.717) is 25.4 Å². The lowest BCUT2D eigenvalue weighted by Crippen LogP contribution is -2.38. The Morgan fingerprint density at radius 2 is 1.91 bits per heavy atom. The molecule has 1 aromatic carbocycles. The number of carbonyl (C=O) groups excluding carboxylic acids is 1. The lowest BCUT2D eigenvalue weighted by molar-refractivity contribution is -0.139. The summed E-state index contributed by atoms with van der Waals surface area (Å²) in [5, 5.41) is 11.9. The fourth-order valence-corrected chi connectivity index (χ4v) is 1.88. The number of nitrogens with one attached hydrogen (secondary N) is 1. The molecule has 0 saturated carbocycles. The molecule has 22 heavy (non-hydrogen) atoms. The van der Waals surface area contributed by atoms with Crippen LogP contribution in [-0.2, 0) is 19.1 Å². The maximum Gasteiger partial charge on any atom is 0.312 e. The van der Waals surface area contributed by atoms with Crippen molar-refractivity contribution in [2.75, 3.05) is 26.4 Å². The summed E-state index contributed by atoms with van der Waals surface area (Å²) in [4.78, 5) is 23.2. The third kappa shape index (κ3) is 6.24. The van der Waals surface area contributed by atoms with Gasteiger partial charge in [0.25, 0.3) is 0 Å². The molecule has 0 radical (unpaired) electrons. The van der Waals surface area contributed by atoms with Crippen molar-refractivity contribution in [2.24, 2.45) is 0 Å². The molecular formula is C16H23NO5. The first-order chi connectivity index (χ1) is 10.6. The minimum absolute atomic E-state index is 0.0251. The second-order valence-electron chi connectivity index (χ2n) is 4.76. The van der Waals surface area contributed by atoms with E-state index in [0.717, 1.165) is 0 Å². The minimum Gasteiger partial charge on any atom is -0.481 e. The molecule has 1 aromatic rings. The van der Waals surface area contributed by atoms with Gasteiger partial charge in [-0.15, -0.1) is 0 Å². The van der Waals surface area contributed by atoms with Crippen molar-refractivity contribution in [3.63, 3.8) is 0 Å². The zero-order valence-electron chi connectivity index (χ0n) is 13.0. The Kier molecular flexibility index (Phi) is 8.17. The number of ether oxygens (including phenoxy) is 2. The molecule has 6 heteroatoms. The van der Waals surface area contributed by atoms with Crippen molar-refractivity contribution in [3.05, 3.63) is 35.9 Å². The van der Waals surface area contributed by atoms with Gasteiger partial charge in [-0.25, -0.2) is 0 Å². The van der Waals surface area contributed by atoms with Crippen LogP contribution in [0.15, 0.2) is 30.3 Å². The zero-order valence-corrected chi connectivity index (χ0v) is 13.0. The molecule has 122 valence electrons. The number of carboxylic acids is 1. The second kappa shape index (κ2) is 9.92. The third-order valence-corrected chi connectivity index (χ3v) is 3.15. The van der Waals surface area contributed by atoms with Gasteiger partial charge in [-0.05, 0) is 19.4 Å². The molecule has 0 fully saturated rings. The standard InChI is InChI=1S/C16H23NO5/c1-3-21-9-10-22-12(2)15(18)17-11-14(16(19)20)13-7-5-4-6-8-13/h4-8,12,14H,3,9-11H2,1-2H3,(H,17,18)(H,19,20). The molecule has 1 amide bonds. The van der Waals surface area contributed by atoms with Crippen LogP contribution < -0.4 is 5.32 Å². The summed E-state index contributed by atoms with van der Waals surface area (Å²) >= 11 is 0.